The predicted octanol–water partition coefficient (Wildman–Crippen LogP) is 3.21. The molecule has 32 heavy (non-hydrogen) atoms. The van der Waals surface area contributed by atoms with Gasteiger partial charge in [0.25, 0.3) is 0 Å². The number of methoxy groups -OCH3 is 1. The maximum absolute atomic E-state index is 10.3. The number of hydrogen-bond acceptors (Lipinski definition) is 9. The van der Waals surface area contributed by atoms with Gasteiger partial charge in [-0.1, -0.05) is 31.0 Å². The van der Waals surface area contributed by atoms with Gasteiger partial charge in [-0.3, -0.25) is 4.98 Å². The number of hydrogen-bond donors (Lipinski definition) is 4. The molecule has 9 heteroatoms. The molecule has 1 aliphatic rings. The second-order valence-electron chi connectivity index (χ2n) is 7.83. The monoisotopic (exact) mass is 435 g/mol. The van der Waals surface area contributed by atoms with Gasteiger partial charge in [0, 0.05) is 25.5 Å². The van der Waals surface area contributed by atoms with Crippen LogP contribution in [0.15, 0.2) is 48.8 Å². The molecule has 4 rings (SSSR count). The Labute approximate surface area is 187 Å². The molecule has 0 radical (unpaired) electrons. The van der Waals surface area contributed by atoms with E-state index in [-0.39, 0.29) is 6.04 Å². The first-order chi connectivity index (χ1) is 15.7. The summed E-state index contributed by atoms with van der Waals surface area (Å²) in [6.07, 6.45) is 6.93. The fraction of sp³-hybridized carbons (Fsp3) is 0.391. The van der Waals surface area contributed by atoms with Crippen molar-refractivity contribution >= 4 is 17.8 Å². The lowest BCUT2D eigenvalue weighted by Gasteiger charge is -2.28. The molecule has 1 fully saturated rings. The summed E-state index contributed by atoms with van der Waals surface area (Å²) in [6, 6.07) is 11.6. The van der Waals surface area contributed by atoms with E-state index in [1.54, 1.807) is 19.5 Å². The van der Waals surface area contributed by atoms with E-state index in [1.807, 2.05) is 36.4 Å². The number of rotatable bonds is 9. The predicted molar refractivity (Wildman–Crippen MR) is 124 cm³/mol. The van der Waals surface area contributed by atoms with Crippen LogP contribution in [-0.4, -0.2) is 44.3 Å². The summed E-state index contributed by atoms with van der Waals surface area (Å²) in [5.74, 6) is 2.13. The molecule has 4 N–H and O–H groups in total. The van der Waals surface area contributed by atoms with Gasteiger partial charge in [0.05, 0.1) is 19.3 Å². The standard InChI is InChI=1S/C23H29N7O2/c1-32-18-8-4-6-16(12-18)14-25-21-28-22(26-15-17-7-5-11-24-13-17)30-23(29-21)27-19-9-2-3-10-20(19)31/h4-8,11-13,19-20,31H,2-3,9-10,14-15H2,1H3,(H3,25,26,27,28,29,30). The van der Waals surface area contributed by atoms with Crippen LogP contribution in [0.4, 0.5) is 17.8 Å². The first-order valence-corrected chi connectivity index (χ1v) is 10.9. The lowest BCUT2D eigenvalue weighted by atomic mass is 9.93. The smallest absolute Gasteiger partial charge is 0.229 e. The van der Waals surface area contributed by atoms with Gasteiger partial charge in [-0.15, -0.1) is 0 Å². The number of pyridine rings is 1. The molecule has 0 amide bonds. The molecule has 2 unspecified atom stereocenters. The van der Waals surface area contributed by atoms with E-state index in [0.29, 0.717) is 30.9 Å². The molecule has 1 saturated carbocycles. The summed E-state index contributed by atoms with van der Waals surface area (Å²) in [4.78, 5) is 17.7. The van der Waals surface area contributed by atoms with Gasteiger partial charge >= 0.3 is 0 Å². The van der Waals surface area contributed by atoms with E-state index >= 15 is 0 Å². The highest BCUT2D eigenvalue weighted by Gasteiger charge is 2.24. The van der Waals surface area contributed by atoms with Crippen molar-refractivity contribution in [3.8, 4) is 5.75 Å². The van der Waals surface area contributed by atoms with Crippen molar-refractivity contribution in [1.82, 2.24) is 19.9 Å². The van der Waals surface area contributed by atoms with Crippen molar-refractivity contribution in [2.75, 3.05) is 23.1 Å². The molecule has 0 bridgehead atoms. The zero-order chi connectivity index (χ0) is 22.2. The Morgan fingerprint density at radius 1 is 0.938 bits per heavy atom. The van der Waals surface area contributed by atoms with Gasteiger partial charge in [0.2, 0.25) is 17.8 Å². The van der Waals surface area contributed by atoms with E-state index in [9.17, 15) is 5.11 Å². The molecule has 168 valence electrons. The fourth-order valence-corrected chi connectivity index (χ4v) is 3.69. The summed E-state index contributed by atoms with van der Waals surface area (Å²) in [7, 11) is 1.65. The largest absolute Gasteiger partial charge is 0.497 e. The number of aromatic nitrogens is 4. The maximum atomic E-state index is 10.3. The molecule has 0 saturated heterocycles. The Balaban J connectivity index is 1.50. The van der Waals surface area contributed by atoms with Crippen LogP contribution in [0.2, 0.25) is 0 Å². The minimum absolute atomic E-state index is 0.0662. The van der Waals surface area contributed by atoms with Gasteiger partial charge in [-0.05, 0) is 42.2 Å². The number of nitrogens with one attached hydrogen (secondary N) is 3. The van der Waals surface area contributed by atoms with Crippen LogP contribution in [0.3, 0.4) is 0 Å². The van der Waals surface area contributed by atoms with Gasteiger partial charge in [-0.2, -0.15) is 15.0 Å². The molecule has 2 heterocycles. The Morgan fingerprint density at radius 3 is 2.38 bits per heavy atom. The number of aliphatic hydroxyl groups is 1. The third-order valence-corrected chi connectivity index (χ3v) is 5.44. The first-order valence-electron chi connectivity index (χ1n) is 10.9. The second kappa shape index (κ2) is 10.7. The molecule has 9 nitrogen and oxygen atoms in total. The van der Waals surface area contributed by atoms with Crippen LogP contribution >= 0.6 is 0 Å². The molecule has 2 atom stereocenters. The number of aliphatic hydroxyl groups excluding tert-OH is 1. The van der Waals surface area contributed by atoms with Crippen molar-refractivity contribution in [2.24, 2.45) is 0 Å². The number of benzene rings is 1. The lowest BCUT2D eigenvalue weighted by Crippen LogP contribution is -2.37. The van der Waals surface area contributed by atoms with E-state index in [2.05, 4.69) is 35.9 Å². The van der Waals surface area contributed by atoms with Crippen LogP contribution in [0.1, 0.15) is 36.8 Å². The van der Waals surface area contributed by atoms with E-state index in [4.69, 9.17) is 4.74 Å². The Kier molecular flexibility index (Phi) is 7.29. The quantitative estimate of drug-likeness (QED) is 0.402. The zero-order valence-electron chi connectivity index (χ0n) is 18.2. The van der Waals surface area contributed by atoms with Crippen molar-refractivity contribution < 1.29 is 9.84 Å². The summed E-state index contributed by atoms with van der Waals surface area (Å²) in [5, 5.41) is 20.1. The van der Waals surface area contributed by atoms with Crippen LogP contribution in [0, 0.1) is 0 Å². The highest BCUT2D eigenvalue weighted by Crippen LogP contribution is 2.22. The van der Waals surface area contributed by atoms with Crippen molar-refractivity contribution in [2.45, 2.75) is 50.9 Å². The molecule has 1 aliphatic carbocycles. The van der Waals surface area contributed by atoms with Gasteiger partial charge in [0.1, 0.15) is 5.75 Å². The second-order valence-corrected chi connectivity index (χ2v) is 7.83. The van der Waals surface area contributed by atoms with Crippen LogP contribution in [-0.2, 0) is 13.1 Å². The average molecular weight is 436 g/mol. The van der Waals surface area contributed by atoms with Crippen molar-refractivity contribution in [3.05, 3.63) is 59.9 Å². The summed E-state index contributed by atoms with van der Waals surface area (Å²) >= 11 is 0. The molecule has 3 aromatic rings. The van der Waals surface area contributed by atoms with Crippen LogP contribution in [0.25, 0.3) is 0 Å². The summed E-state index contributed by atoms with van der Waals surface area (Å²) < 4.78 is 5.30. The first kappa shape index (κ1) is 21.8. The third kappa shape index (κ3) is 6.04. The highest BCUT2D eigenvalue weighted by molar-refractivity contribution is 5.44. The van der Waals surface area contributed by atoms with E-state index in [0.717, 1.165) is 42.6 Å². The van der Waals surface area contributed by atoms with Crippen LogP contribution < -0.4 is 20.7 Å². The number of nitrogens with zero attached hydrogens (tertiary/aromatic N) is 4. The average Bonchev–Trinajstić information content (AvgIpc) is 2.84. The highest BCUT2D eigenvalue weighted by atomic mass is 16.5. The maximum Gasteiger partial charge on any atom is 0.229 e. The fourth-order valence-electron chi connectivity index (χ4n) is 3.69. The van der Waals surface area contributed by atoms with E-state index in [1.165, 1.54) is 0 Å². The topological polar surface area (TPSA) is 117 Å². The molecule has 2 aromatic heterocycles. The van der Waals surface area contributed by atoms with E-state index < -0.39 is 6.10 Å². The molecule has 0 spiro atoms. The lowest BCUT2D eigenvalue weighted by molar-refractivity contribution is 0.116. The molecular weight excluding hydrogens is 406 g/mol. The Hall–Kier alpha value is -3.46. The number of ether oxygens (including phenoxy) is 1. The Morgan fingerprint density at radius 2 is 1.66 bits per heavy atom. The molecule has 1 aromatic carbocycles. The zero-order valence-corrected chi connectivity index (χ0v) is 18.2. The minimum Gasteiger partial charge on any atom is -0.497 e. The summed E-state index contributed by atoms with van der Waals surface area (Å²) in [6.45, 7) is 1.08. The minimum atomic E-state index is -0.402. The number of anilines is 3. The normalized spacial score (nSPS) is 18.1. The SMILES string of the molecule is COc1cccc(CNc2nc(NCc3cccnc3)nc(NC3CCCCC3O)n2)c1. The molecular formula is C23H29N7O2. The summed E-state index contributed by atoms with van der Waals surface area (Å²) in [5.41, 5.74) is 2.07. The third-order valence-electron chi connectivity index (χ3n) is 5.44. The van der Waals surface area contributed by atoms with Gasteiger partial charge < -0.3 is 25.8 Å². The van der Waals surface area contributed by atoms with Crippen LogP contribution in [0.5, 0.6) is 5.75 Å². The van der Waals surface area contributed by atoms with Crippen molar-refractivity contribution in [3.63, 3.8) is 0 Å². The molecule has 0 aliphatic heterocycles. The van der Waals surface area contributed by atoms with Gasteiger partial charge in [0.15, 0.2) is 0 Å². The Bertz CT molecular complexity index is 1000. The van der Waals surface area contributed by atoms with Gasteiger partial charge in [-0.25, -0.2) is 0 Å². The van der Waals surface area contributed by atoms with Crippen molar-refractivity contribution in [1.29, 1.82) is 0 Å².